The predicted molar refractivity (Wildman–Crippen MR) is 61.3 cm³/mol. The average Bonchev–Trinajstić information content (AvgIpc) is 2.28. The van der Waals surface area contributed by atoms with Crippen molar-refractivity contribution >= 4 is 5.91 Å². The maximum Gasteiger partial charge on any atom is 0.255 e. The van der Waals surface area contributed by atoms with Gasteiger partial charge >= 0.3 is 0 Å². The normalized spacial score (nSPS) is 10.2. The molecule has 0 aliphatic rings. The fourth-order valence-corrected chi connectivity index (χ4v) is 1.41. The summed E-state index contributed by atoms with van der Waals surface area (Å²) < 4.78 is 12.7. The van der Waals surface area contributed by atoms with E-state index in [4.69, 9.17) is 5.11 Å². The third-order valence-electron chi connectivity index (χ3n) is 2.32. The van der Waals surface area contributed by atoms with Crippen LogP contribution in [0.3, 0.4) is 0 Å². The SMILES string of the molecule is O=C(NCCCCCO)c1ccc(F)cc1O. The van der Waals surface area contributed by atoms with Crippen molar-refractivity contribution in [2.24, 2.45) is 0 Å². The number of carbonyl (C=O) groups excluding carboxylic acids is 1. The predicted octanol–water partition coefficient (Wildman–Crippen LogP) is 1.42. The topological polar surface area (TPSA) is 69.6 Å². The standard InChI is InChI=1S/C12H16FNO3/c13-9-4-5-10(11(16)8-9)12(17)14-6-2-1-3-7-15/h4-5,8,15-16H,1-3,6-7H2,(H,14,17). The Morgan fingerprint density at radius 1 is 1.29 bits per heavy atom. The highest BCUT2D eigenvalue weighted by Gasteiger charge is 2.10. The summed E-state index contributed by atoms with van der Waals surface area (Å²) in [6.45, 7) is 0.613. The Balaban J connectivity index is 2.42. The molecule has 1 aromatic carbocycles. The molecule has 0 radical (unpaired) electrons. The first-order chi connectivity index (χ1) is 8.15. The van der Waals surface area contributed by atoms with Gasteiger partial charge in [-0.05, 0) is 31.4 Å². The van der Waals surface area contributed by atoms with E-state index in [1.165, 1.54) is 6.07 Å². The van der Waals surface area contributed by atoms with Gasteiger partial charge in [-0.25, -0.2) is 4.39 Å². The van der Waals surface area contributed by atoms with Crippen LogP contribution in [0.25, 0.3) is 0 Å². The molecule has 0 spiro atoms. The number of hydrogen-bond donors (Lipinski definition) is 3. The number of rotatable bonds is 6. The second-order valence-electron chi connectivity index (χ2n) is 3.70. The minimum absolute atomic E-state index is 0.0635. The van der Waals surface area contributed by atoms with Crippen molar-refractivity contribution < 1.29 is 19.4 Å². The number of carbonyl (C=O) groups is 1. The molecule has 0 unspecified atom stereocenters. The van der Waals surface area contributed by atoms with Crippen LogP contribution in [-0.2, 0) is 0 Å². The number of unbranched alkanes of at least 4 members (excludes halogenated alkanes) is 2. The Kier molecular flexibility index (Phi) is 5.42. The first-order valence-corrected chi connectivity index (χ1v) is 5.52. The number of phenols is 1. The zero-order valence-electron chi connectivity index (χ0n) is 9.45. The largest absolute Gasteiger partial charge is 0.507 e. The highest BCUT2D eigenvalue weighted by atomic mass is 19.1. The van der Waals surface area contributed by atoms with Gasteiger partial charge in [-0.2, -0.15) is 0 Å². The van der Waals surface area contributed by atoms with Gasteiger partial charge < -0.3 is 15.5 Å². The monoisotopic (exact) mass is 241 g/mol. The molecule has 17 heavy (non-hydrogen) atoms. The Morgan fingerprint density at radius 2 is 2.06 bits per heavy atom. The van der Waals surface area contributed by atoms with Crippen molar-refractivity contribution in [3.8, 4) is 5.75 Å². The molecule has 0 aliphatic carbocycles. The number of aliphatic hydroxyl groups is 1. The zero-order chi connectivity index (χ0) is 12.7. The summed E-state index contributed by atoms with van der Waals surface area (Å²) in [6.07, 6.45) is 2.29. The summed E-state index contributed by atoms with van der Waals surface area (Å²) >= 11 is 0. The maximum absolute atomic E-state index is 12.7. The summed E-state index contributed by atoms with van der Waals surface area (Å²) in [5, 5.41) is 20.5. The second-order valence-corrected chi connectivity index (χ2v) is 3.70. The zero-order valence-corrected chi connectivity index (χ0v) is 9.45. The molecule has 0 saturated carbocycles. The Hall–Kier alpha value is -1.62. The molecule has 0 saturated heterocycles. The van der Waals surface area contributed by atoms with Gasteiger partial charge in [-0.3, -0.25) is 4.79 Å². The van der Waals surface area contributed by atoms with Crippen LogP contribution in [0.2, 0.25) is 0 Å². The molecular weight excluding hydrogens is 225 g/mol. The van der Waals surface area contributed by atoms with Crippen molar-refractivity contribution in [2.75, 3.05) is 13.2 Å². The van der Waals surface area contributed by atoms with Gasteiger partial charge in [0.05, 0.1) is 5.56 Å². The van der Waals surface area contributed by atoms with Gasteiger partial charge in [-0.1, -0.05) is 0 Å². The number of nitrogens with one attached hydrogen (secondary N) is 1. The third kappa shape index (κ3) is 4.40. The average molecular weight is 241 g/mol. The molecule has 94 valence electrons. The van der Waals surface area contributed by atoms with Gasteiger partial charge in [0.25, 0.3) is 5.91 Å². The van der Waals surface area contributed by atoms with E-state index < -0.39 is 11.7 Å². The minimum atomic E-state index is -0.581. The van der Waals surface area contributed by atoms with Crippen LogP contribution < -0.4 is 5.32 Å². The number of phenolic OH excluding ortho intramolecular Hbond substituents is 1. The van der Waals surface area contributed by atoms with Crippen molar-refractivity contribution in [2.45, 2.75) is 19.3 Å². The molecule has 0 aliphatic heterocycles. The van der Waals surface area contributed by atoms with E-state index in [1.54, 1.807) is 0 Å². The van der Waals surface area contributed by atoms with Crippen molar-refractivity contribution in [1.82, 2.24) is 5.32 Å². The number of hydrogen-bond acceptors (Lipinski definition) is 3. The van der Waals surface area contributed by atoms with Crippen LogP contribution in [-0.4, -0.2) is 29.3 Å². The molecular formula is C12H16FNO3. The van der Waals surface area contributed by atoms with Crippen LogP contribution in [0.4, 0.5) is 4.39 Å². The quantitative estimate of drug-likeness (QED) is 0.660. The summed E-state index contributed by atoms with van der Waals surface area (Å²) in [7, 11) is 0. The molecule has 1 aromatic rings. The fourth-order valence-electron chi connectivity index (χ4n) is 1.41. The van der Waals surface area contributed by atoms with E-state index >= 15 is 0 Å². The number of aliphatic hydroxyl groups excluding tert-OH is 1. The van der Waals surface area contributed by atoms with Crippen LogP contribution in [0.15, 0.2) is 18.2 Å². The van der Waals surface area contributed by atoms with Crippen LogP contribution in [0, 0.1) is 5.82 Å². The van der Waals surface area contributed by atoms with Gasteiger partial charge in [0.2, 0.25) is 0 Å². The van der Waals surface area contributed by atoms with Crippen LogP contribution in [0.5, 0.6) is 5.75 Å². The van der Waals surface area contributed by atoms with E-state index in [1.807, 2.05) is 0 Å². The highest BCUT2D eigenvalue weighted by Crippen LogP contribution is 2.17. The van der Waals surface area contributed by atoms with E-state index in [9.17, 15) is 14.3 Å². The van der Waals surface area contributed by atoms with Crippen LogP contribution >= 0.6 is 0 Å². The molecule has 0 fully saturated rings. The molecule has 1 amide bonds. The van der Waals surface area contributed by atoms with Crippen molar-refractivity contribution in [1.29, 1.82) is 0 Å². The molecule has 0 aromatic heterocycles. The molecule has 3 N–H and O–H groups in total. The lowest BCUT2D eigenvalue weighted by Crippen LogP contribution is -2.24. The van der Waals surface area contributed by atoms with Gasteiger partial charge in [-0.15, -0.1) is 0 Å². The molecule has 0 atom stereocenters. The van der Waals surface area contributed by atoms with E-state index in [2.05, 4.69) is 5.32 Å². The third-order valence-corrected chi connectivity index (χ3v) is 2.32. The second kappa shape index (κ2) is 6.85. The number of halogens is 1. The van der Waals surface area contributed by atoms with Crippen LogP contribution in [0.1, 0.15) is 29.6 Å². The molecule has 1 rings (SSSR count). The lowest BCUT2D eigenvalue weighted by Gasteiger charge is -2.06. The van der Waals surface area contributed by atoms with E-state index in [-0.39, 0.29) is 17.9 Å². The van der Waals surface area contributed by atoms with Crippen molar-refractivity contribution in [3.63, 3.8) is 0 Å². The Morgan fingerprint density at radius 3 is 2.71 bits per heavy atom. The Bertz CT molecular complexity index is 382. The summed E-state index contributed by atoms with van der Waals surface area (Å²) in [5.41, 5.74) is 0.0635. The lowest BCUT2D eigenvalue weighted by molar-refractivity contribution is 0.0950. The number of amides is 1. The maximum atomic E-state index is 12.7. The molecule has 0 bridgehead atoms. The summed E-state index contributed by atoms with van der Waals surface area (Å²) in [5.74, 6) is -1.37. The number of benzene rings is 1. The first-order valence-electron chi connectivity index (χ1n) is 5.52. The van der Waals surface area contributed by atoms with Crippen molar-refractivity contribution in [3.05, 3.63) is 29.6 Å². The Labute approximate surface area is 99.1 Å². The summed E-state index contributed by atoms with van der Waals surface area (Å²) in [4.78, 5) is 11.6. The van der Waals surface area contributed by atoms with Gasteiger partial charge in [0.1, 0.15) is 11.6 Å². The smallest absolute Gasteiger partial charge is 0.255 e. The molecule has 5 heteroatoms. The van der Waals surface area contributed by atoms with E-state index in [0.717, 1.165) is 25.0 Å². The van der Waals surface area contributed by atoms with Gasteiger partial charge in [0, 0.05) is 19.2 Å². The minimum Gasteiger partial charge on any atom is -0.507 e. The van der Waals surface area contributed by atoms with Gasteiger partial charge in [0.15, 0.2) is 0 Å². The van der Waals surface area contributed by atoms with E-state index in [0.29, 0.717) is 13.0 Å². The lowest BCUT2D eigenvalue weighted by atomic mass is 10.1. The highest BCUT2D eigenvalue weighted by molar-refractivity contribution is 5.96. The molecule has 0 heterocycles. The molecule has 4 nitrogen and oxygen atoms in total. The fraction of sp³-hybridized carbons (Fsp3) is 0.417. The summed E-state index contributed by atoms with van der Waals surface area (Å²) in [6, 6.07) is 3.27. The first kappa shape index (κ1) is 13.4. The number of aromatic hydroxyl groups is 1.